The van der Waals surface area contributed by atoms with Crippen molar-refractivity contribution in [3.8, 4) is 0 Å². The molecule has 2 aromatic rings. The van der Waals surface area contributed by atoms with Gasteiger partial charge in [0.1, 0.15) is 0 Å². The first kappa shape index (κ1) is 21.1. The highest BCUT2D eigenvalue weighted by molar-refractivity contribution is 6.12. The van der Waals surface area contributed by atoms with Crippen LogP contribution in [-0.4, -0.2) is 55.2 Å². The summed E-state index contributed by atoms with van der Waals surface area (Å²) >= 11 is 0. The summed E-state index contributed by atoms with van der Waals surface area (Å²) in [5, 5.41) is 0. The SMILES string of the molecule is CN1CN(c2ccccc2C(=O)C2=CCC(OCc3ccccc3)CC2)CN(C)C1=O. The molecule has 0 bridgehead atoms. The number of anilines is 1. The normalized spacial score (nSPS) is 19.4. The van der Waals surface area contributed by atoms with Crippen LogP contribution in [0.5, 0.6) is 0 Å². The lowest BCUT2D eigenvalue weighted by molar-refractivity contribution is 0.0340. The maximum Gasteiger partial charge on any atom is 0.322 e. The number of benzene rings is 2. The number of carbonyl (C=O) groups excluding carboxylic acids is 2. The Kier molecular flexibility index (Phi) is 6.37. The maximum absolute atomic E-state index is 13.3. The third kappa shape index (κ3) is 4.80. The summed E-state index contributed by atoms with van der Waals surface area (Å²) in [5.74, 6) is 0.0688. The number of ketones is 1. The number of rotatable bonds is 6. The van der Waals surface area contributed by atoms with Crippen LogP contribution in [0.4, 0.5) is 10.5 Å². The summed E-state index contributed by atoms with van der Waals surface area (Å²) < 4.78 is 6.05. The Morgan fingerprint density at radius 1 is 1.00 bits per heavy atom. The summed E-state index contributed by atoms with van der Waals surface area (Å²) in [6.45, 7) is 1.52. The maximum atomic E-state index is 13.3. The van der Waals surface area contributed by atoms with Gasteiger partial charge < -0.3 is 19.4 Å². The molecule has 0 aromatic heterocycles. The molecule has 0 radical (unpaired) electrons. The average molecular weight is 420 g/mol. The molecule has 6 nitrogen and oxygen atoms in total. The molecule has 0 N–H and O–H groups in total. The van der Waals surface area contributed by atoms with E-state index < -0.39 is 0 Å². The second-order valence-corrected chi connectivity index (χ2v) is 8.27. The lowest BCUT2D eigenvalue weighted by Crippen LogP contribution is -2.55. The van der Waals surface area contributed by atoms with Gasteiger partial charge in [0.15, 0.2) is 5.78 Å². The fourth-order valence-corrected chi connectivity index (χ4v) is 4.19. The van der Waals surface area contributed by atoms with Crippen LogP contribution >= 0.6 is 0 Å². The van der Waals surface area contributed by atoms with E-state index in [2.05, 4.69) is 17.0 Å². The molecule has 0 spiro atoms. The third-order valence-electron chi connectivity index (χ3n) is 5.89. The molecule has 1 aliphatic heterocycles. The van der Waals surface area contributed by atoms with Gasteiger partial charge in [0.05, 0.1) is 31.7 Å². The number of para-hydroxylation sites is 1. The van der Waals surface area contributed by atoms with Crippen LogP contribution in [0.25, 0.3) is 0 Å². The van der Waals surface area contributed by atoms with Gasteiger partial charge in [-0.25, -0.2) is 4.79 Å². The zero-order chi connectivity index (χ0) is 21.8. The van der Waals surface area contributed by atoms with E-state index >= 15 is 0 Å². The largest absolute Gasteiger partial charge is 0.373 e. The molecular formula is C25H29N3O3. The zero-order valence-electron chi connectivity index (χ0n) is 18.2. The van der Waals surface area contributed by atoms with Crippen LogP contribution in [0.1, 0.15) is 35.2 Å². The van der Waals surface area contributed by atoms with Crippen molar-refractivity contribution in [3.63, 3.8) is 0 Å². The molecule has 2 aromatic carbocycles. The molecule has 31 heavy (non-hydrogen) atoms. The number of nitrogens with zero attached hydrogens (tertiary/aromatic N) is 3. The van der Waals surface area contributed by atoms with Gasteiger partial charge in [-0.1, -0.05) is 48.5 Å². The summed E-state index contributed by atoms with van der Waals surface area (Å²) in [5.41, 5.74) is 3.56. The number of ether oxygens (including phenoxy) is 1. The molecular weight excluding hydrogens is 390 g/mol. The monoisotopic (exact) mass is 419 g/mol. The molecule has 2 aliphatic rings. The lowest BCUT2D eigenvalue weighted by atomic mass is 9.90. The van der Waals surface area contributed by atoms with Crippen LogP contribution in [0, 0.1) is 0 Å². The molecule has 162 valence electrons. The van der Waals surface area contributed by atoms with E-state index in [0.29, 0.717) is 31.9 Å². The molecule has 1 unspecified atom stereocenters. The summed E-state index contributed by atoms with van der Waals surface area (Å²) in [7, 11) is 3.54. The Morgan fingerprint density at radius 2 is 1.68 bits per heavy atom. The molecule has 1 saturated heterocycles. The number of hydrogen-bond donors (Lipinski definition) is 0. The average Bonchev–Trinajstić information content (AvgIpc) is 2.81. The Morgan fingerprint density at radius 3 is 2.35 bits per heavy atom. The molecule has 0 saturated carbocycles. The number of amides is 2. The van der Waals surface area contributed by atoms with Gasteiger partial charge in [-0.2, -0.15) is 0 Å². The number of urea groups is 1. The van der Waals surface area contributed by atoms with Gasteiger partial charge in [-0.3, -0.25) is 4.79 Å². The van der Waals surface area contributed by atoms with Crippen molar-refractivity contribution in [2.24, 2.45) is 0 Å². The second-order valence-electron chi connectivity index (χ2n) is 8.27. The smallest absolute Gasteiger partial charge is 0.322 e. The molecule has 2 amide bonds. The van der Waals surface area contributed by atoms with E-state index in [-0.39, 0.29) is 17.9 Å². The molecule has 1 atom stereocenters. The first-order valence-electron chi connectivity index (χ1n) is 10.7. The van der Waals surface area contributed by atoms with Gasteiger partial charge in [0, 0.05) is 19.7 Å². The Hall–Kier alpha value is -3.12. The fraction of sp³-hybridized carbons (Fsp3) is 0.360. The Balaban J connectivity index is 1.43. The van der Waals surface area contributed by atoms with Crippen LogP contribution < -0.4 is 4.90 Å². The minimum atomic E-state index is -0.0170. The Bertz CT molecular complexity index is 959. The number of allylic oxidation sites excluding steroid dienone is 1. The van der Waals surface area contributed by atoms with Crippen molar-refractivity contribution in [1.29, 1.82) is 0 Å². The first-order chi connectivity index (χ1) is 15.0. The molecule has 4 rings (SSSR count). The van der Waals surface area contributed by atoms with Crippen LogP contribution in [-0.2, 0) is 11.3 Å². The third-order valence-corrected chi connectivity index (χ3v) is 5.89. The summed E-state index contributed by atoms with van der Waals surface area (Å²) in [6, 6.07) is 17.8. The van der Waals surface area contributed by atoms with Gasteiger partial charge in [-0.15, -0.1) is 0 Å². The summed E-state index contributed by atoms with van der Waals surface area (Å²) in [6.07, 6.45) is 4.49. The predicted molar refractivity (Wildman–Crippen MR) is 121 cm³/mol. The van der Waals surface area contributed by atoms with Gasteiger partial charge in [0.2, 0.25) is 0 Å². The molecule has 1 aliphatic carbocycles. The number of Topliss-reactive ketones (excluding diaryl/α,β-unsaturated/α-hetero) is 1. The van der Waals surface area contributed by atoms with Crippen molar-refractivity contribution >= 4 is 17.5 Å². The van der Waals surface area contributed by atoms with Gasteiger partial charge >= 0.3 is 6.03 Å². The fourth-order valence-electron chi connectivity index (χ4n) is 4.19. The van der Waals surface area contributed by atoms with Crippen LogP contribution in [0.15, 0.2) is 66.2 Å². The van der Waals surface area contributed by atoms with Gasteiger partial charge in [-0.05, 0) is 42.5 Å². The van der Waals surface area contributed by atoms with E-state index in [0.717, 1.165) is 29.7 Å². The highest BCUT2D eigenvalue weighted by Gasteiger charge is 2.28. The van der Waals surface area contributed by atoms with E-state index in [1.165, 1.54) is 0 Å². The quantitative estimate of drug-likeness (QED) is 0.656. The van der Waals surface area contributed by atoms with Crippen LogP contribution in [0.3, 0.4) is 0 Å². The minimum absolute atomic E-state index is 0.0170. The van der Waals surface area contributed by atoms with E-state index in [9.17, 15) is 9.59 Å². The van der Waals surface area contributed by atoms with E-state index in [4.69, 9.17) is 4.74 Å². The number of hydrogen-bond acceptors (Lipinski definition) is 4. The Labute approximate surface area is 183 Å². The van der Waals surface area contributed by atoms with Crippen molar-refractivity contribution in [3.05, 3.63) is 77.4 Å². The highest BCUT2D eigenvalue weighted by atomic mass is 16.5. The first-order valence-corrected chi connectivity index (χ1v) is 10.7. The number of carbonyl (C=O) groups is 2. The second kappa shape index (κ2) is 9.35. The summed E-state index contributed by atoms with van der Waals surface area (Å²) in [4.78, 5) is 30.8. The van der Waals surface area contributed by atoms with Crippen molar-refractivity contribution < 1.29 is 14.3 Å². The topological polar surface area (TPSA) is 53.1 Å². The highest BCUT2D eigenvalue weighted by Crippen LogP contribution is 2.29. The lowest BCUT2D eigenvalue weighted by Gasteiger charge is -2.40. The van der Waals surface area contributed by atoms with Crippen molar-refractivity contribution in [2.45, 2.75) is 32.0 Å². The van der Waals surface area contributed by atoms with E-state index in [1.807, 2.05) is 48.5 Å². The van der Waals surface area contributed by atoms with Crippen molar-refractivity contribution in [1.82, 2.24) is 9.80 Å². The van der Waals surface area contributed by atoms with Crippen molar-refractivity contribution in [2.75, 3.05) is 32.3 Å². The molecule has 6 heteroatoms. The molecule has 1 fully saturated rings. The predicted octanol–water partition coefficient (Wildman–Crippen LogP) is 4.28. The standard InChI is InChI=1S/C25H29N3O3/c1-26-17-28(18-27(2)25(26)30)23-11-7-6-10-22(23)24(29)20-12-14-21(15-13-20)31-16-19-8-4-3-5-9-19/h3-12,21H,13-18H2,1-2H3. The molecule has 1 heterocycles. The zero-order valence-corrected chi connectivity index (χ0v) is 18.2. The van der Waals surface area contributed by atoms with Gasteiger partial charge in [0.25, 0.3) is 0 Å². The van der Waals surface area contributed by atoms with Crippen LogP contribution in [0.2, 0.25) is 0 Å². The van der Waals surface area contributed by atoms with E-state index in [1.54, 1.807) is 23.9 Å². The minimum Gasteiger partial charge on any atom is -0.373 e.